The molecule has 2 aromatic carbocycles. The summed E-state index contributed by atoms with van der Waals surface area (Å²) in [4.78, 5) is 12.9. The van der Waals surface area contributed by atoms with Gasteiger partial charge in [0.15, 0.2) is 0 Å². The van der Waals surface area contributed by atoms with Gasteiger partial charge in [-0.15, -0.1) is 0 Å². The summed E-state index contributed by atoms with van der Waals surface area (Å²) >= 11 is 0. The third-order valence-corrected chi connectivity index (χ3v) is 5.52. The van der Waals surface area contributed by atoms with Crippen molar-refractivity contribution >= 4 is 15.9 Å². The van der Waals surface area contributed by atoms with Crippen LogP contribution in [0, 0.1) is 6.92 Å². The molecule has 25 heavy (non-hydrogen) atoms. The molecule has 2 aromatic rings. The van der Waals surface area contributed by atoms with Crippen molar-refractivity contribution in [2.45, 2.75) is 25.9 Å². The van der Waals surface area contributed by atoms with E-state index in [9.17, 15) is 13.2 Å². The van der Waals surface area contributed by atoms with Gasteiger partial charge in [-0.3, -0.25) is 4.79 Å². The van der Waals surface area contributed by atoms with Gasteiger partial charge in [-0.25, -0.2) is 8.42 Å². The molecule has 6 heteroatoms. The minimum absolute atomic E-state index is 0.229. The SMILES string of the molecule is Cc1ccccc1[C@H](C)NC(=O)[C@@H](c1ccccc1)N(C)S(C)(=O)=O. The molecule has 1 N–H and O–H groups in total. The molecule has 0 aliphatic rings. The van der Waals surface area contributed by atoms with E-state index < -0.39 is 16.1 Å². The van der Waals surface area contributed by atoms with Crippen molar-refractivity contribution in [1.82, 2.24) is 9.62 Å². The second-order valence-electron chi connectivity index (χ2n) is 6.18. The van der Waals surface area contributed by atoms with Crippen molar-refractivity contribution in [3.63, 3.8) is 0 Å². The highest BCUT2D eigenvalue weighted by Gasteiger charge is 2.31. The van der Waals surface area contributed by atoms with Crippen LogP contribution in [0.2, 0.25) is 0 Å². The van der Waals surface area contributed by atoms with E-state index in [2.05, 4.69) is 5.32 Å². The van der Waals surface area contributed by atoms with Crippen LogP contribution in [0.3, 0.4) is 0 Å². The number of hydrogen-bond donors (Lipinski definition) is 1. The van der Waals surface area contributed by atoms with Crippen molar-refractivity contribution in [2.75, 3.05) is 13.3 Å². The second-order valence-corrected chi connectivity index (χ2v) is 8.22. The molecule has 0 unspecified atom stereocenters. The van der Waals surface area contributed by atoms with Crippen molar-refractivity contribution in [1.29, 1.82) is 0 Å². The number of aryl methyl sites for hydroxylation is 1. The van der Waals surface area contributed by atoms with Gasteiger partial charge in [-0.2, -0.15) is 4.31 Å². The lowest BCUT2D eigenvalue weighted by atomic mass is 10.0. The summed E-state index contributed by atoms with van der Waals surface area (Å²) in [5.41, 5.74) is 2.71. The molecule has 0 aliphatic heterocycles. The van der Waals surface area contributed by atoms with E-state index >= 15 is 0 Å². The van der Waals surface area contributed by atoms with E-state index in [1.807, 2.05) is 44.2 Å². The average molecular weight is 360 g/mol. The van der Waals surface area contributed by atoms with Gasteiger partial charge in [-0.05, 0) is 30.5 Å². The number of sulfonamides is 1. The van der Waals surface area contributed by atoms with Crippen molar-refractivity contribution in [3.8, 4) is 0 Å². The summed E-state index contributed by atoms with van der Waals surface area (Å²) in [7, 11) is -2.11. The monoisotopic (exact) mass is 360 g/mol. The highest BCUT2D eigenvalue weighted by Crippen LogP contribution is 2.24. The first-order valence-electron chi connectivity index (χ1n) is 8.05. The zero-order chi connectivity index (χ0) is 18.6. The summed E-state index contributed by atoms with van der Waals surface area (Å²) in [6.45, 7) is 3.87. The Morgan fingerprint density at radius 3 is 2.16 bits per heavy atom. The normalized spacial score (nSPS) is 14.1. The molecular weight excluding hydrogens is 336 g/mol. The first-order valence-corrected chi connectivity index (χ1v) is 9.90. The Morgan fingerprint density at radius 2 is 1.60 bits per heavy atom. The summed E-state index contributed by atoms with van der Waals surface area (Å²) in [6, 6.07) is 15.6. The highest BCUT2D eigenvalue weighted by atomic mass is 32.2. The molecule has 5 nitrogen and oxygen atoms in total. The zero-order valence-corrected chi connectivity index (χ0v) is 15.7. The lowest BCUT2D eigenvalue weighted by molar-refractivity contribution is -0.125. The van der Waals surface area contributed by atoms with Gasteiger partial charge < -0.3 is 5.32 Å². The number of nitrogens with one attached hydrogen (secondary N) is 1. The van der Waals surface area contributed by atoms with Crippen LogP contribution >= 0.6 is 0 Å². The molecule has 2 rings (SSSR count). The average Bonchev–Trinajstić information content (AvgIpc) is 2.55. The number of likely N-dealkylation sites (N-methyl/N-ethyl adjacent to an activating group) is 1. The fraction of sp³-hybridized carbons (Fsp3) is 0.316. The molecule has 0 radical (unpaired) electrons. The summed E-state index contributed by atoms with van der Waals surface area (Å²) in [6.07, 6.45) is 1.10. The molecule has 1 amide bonds. The van der Waals surface area contributed by atoms with Crippen molar-refractivity contribution in [2.24, 2.45) is 0 Å². The van der Waals surface area contributed by atoms with Crippen LogP contribution in [0.5, 0.6) is 0 Å². The van der Waals surface area contributed by atoms with Crippen LogP contribution in [0.1, 0.15) is 35.7 Å². The van der Waals surface area contributed by atoms with Crippen molar-refractivity contribution in [3.05, 3.63) is 71.3 Å². The Balaban J connectivity index is 2.31. The van der Waals surface area contributed by atoms with E-state index in [4.69, 9.17) is 0 Å². The van der Waals surface area contributed by atoms with Gasteiger partial charge >= 0.3 is 0 Å². The highest BCUT2D eigenvalue weighted by molar-refractivity contribution is 7.88. The fourth-order valence-electron chi connectivity index (χ4n) is 2.80. The molecule has 0 aromatic heterocycles. The number of hydrogen-bond acceptors (Lipinski definition) is 3. The van der Waals surface area contributed by atoms with Gasteiger partial charge in [0.05, 0.1) is 12.3 Å². The quantitative estimate of drug-likeness (QED) is 0.861. The lowest BCUT2D eigenvalue weighted by Gasteiger charge is -2.27. The fourth-order valence-corrected chi connectivity index (χ4v) is 3.40. The van der Waals surface area contributed by atoms with Gasteiger partial charge in [0.25, 0.3) is 0 Å². The van der Waals surface area contributed by atoms with E-state index in [0.29, 0.717) is 5.56 Å². The predicted molar refractivity (Wildman–Crippen MR) is 99.5 cm³/mol. The number of carbonyl (C=O) groups is 1. The Hall–Kier alpha value is -2.18. The Kier molecular flexibility index (Phi) is 5.98. The molecule has 0 spiro atoms. The zero-order valence-electron chi connectivity index (χ0n) is 14.9. The smallest absolute Gasteiger partial charge is 0.243 e. The number of carbonyl (C=O) groups excluding carboxylic acids is 1. The first kappa shape index (κ1) is 19.1. The molecule has 0 fully saturated rings. The van der Waals surface area contributed by atoms with Crippen LogP contribution < -0.4 is 5.32 Å². The second kappa shape index (κ2) is 7.80. The molecule has 0 heterocycles. The number of nitrogens with zero attached hydrogens (tertiary/aromatic N) is 1. The van der Waals surface area contributed by atoms with Crippen LogP contribution in [0.25, 0.3) is 0 Å². The first-order chi connectivity index (χ1) is 11.7. The molecular formula is C19H24N2O3S. The van der Waals surface area contributed by atoms with E-state index in [-0.39, 0.29) is 11.9 Å². The molecule has 0 saturated heterocycles. The molecule has 0 saturated carbocycles. The third kappa shape index (κ3) is 4.67. The van der Waals surface area contributed by atoms with E-state index in [0.717, 1.165) is 21.7 Å². The van der Waals surface area contributed by atoms with Crippen LogP contribution in [0.4, 0.5) is 0 Å². The molecule has 0 bridgehead atoms. The van der Waals surface area contributed by atoms with Gasteiger partial charge in [0, 0.05) is 7.05 Å². The Morgan fingerprint density at radius 1 is 1.04 bits per heavy atom. The van der Waals surface area contributed by atoms with Crippen molar-refractivity contribution < 1.29 is 13.2 Å². The number of rotatable bonds is 6. The lowest BCUT2D eigenvalue weighted by Crippen LogP contribution is -2.42. The van der Waals surface area contributed by atoms with Crippen LogP contribution in [-0.2, 0) is 14.8 Å². The molecule has 2 atom stereocenters. The van der Waals surface area contributed by atoms with Gasteiger partial charge in [0.2, 0.25) is 15.9 Å². The summed E-state index contributed by atoms with van der Waals surface area (Å²) < 4.78 is 25.1. The molecule has 0 aliphatic carbocycles. The minimum atomic E-state index is -3.53. The topological polar surface area (TPSA) is 66.5 Å². The maximum absolute atomic E-state index is 12.9. The number of amides is 1. The van der Waals surface area contributed by atoms with Gasteiger partial charge in [-0.1, -0.05) is 54.6 Å². The largest absolute Gasteiger partial charge is 0.348 e. The van der Waals surface area contributed by atoms with Crippen LogP contribution in [0.15, 0.2) is 54.6 Å². The summed E-state index contributed by atoms with van der Waals surface area (Å²) in [5.74, 6) is -0.352. The molecule has 134 valence electrons. The van der Waals surface area contributed by atoms with Gasteiger partial charge in [0.1, 0.15) is 6.04 Å². The Bertz CT molecular complexity index is 835. The minimum Gasteiger partial charge on any atom is -0.348 e. The maximum atomic E-state index is 12.9. The number of benzene rings is 2. The standard InChI is InChI=1S/C19H24N2O3S/c1-14-10-8-9-13-17(14)15(2)20-19(22)18(21(3)25(4,23)24)16-11-6-5-7-12-16/h5-13,15,18H,1-4H3,(H,20,22)/t15-,18+/m0/s1. The Labute approximate surface area is 149 Å². The van der Waals surface area contributed by atoms with E-state index in [1.165, 1.54) is 7.05 Å². The maximum Gasteiger partial charge on any atom is 0.243 e. The predicted octanol–water partition coefficient (Wildman–Crippen LogP) is 2.80. The van der Waals surface area contributed by atoms with E-state index in [1.54, 1.807) is 24.3 Å². The van der Waals surface area contributed by atoms with Crippen LogP contribution in [-0.4, -0.2) is 31.9 Å². The summed E-state index contributed by atoms with van der Waals surface area (Å²) in [5, 5.41) is 2.94. The third-order valence-electron chi connectivity index (χ3n) is 4.26.